The molecule has 8 aliphatic rings. The zero-order valence-electron chi connectivity index (χ0n) is 57.4. The SMILES string of the molecule is C(#CC1CC[N-]CC1)c1ccc(C#CC2CC[N-]CC2)s1.C(#CC1CC[N-]CC1)c1ccc(C#CC2CC[N-]CC2)s1.C(#CC1CC[N-]CC1)c1ccc(C#CC2CC[N-]CC2)s1.C(#Cc1ccc(C#CC2CC[N-]CC2)s1)C1=CC[N-]C=C1.[Co].[Co].[Co].[Co].[Co].[N-]=C=S.[N-]=C=S.[N-]=C=S.[N-]=C=S.[NH2-].[NH2-].[NH2-]. The summed E-state index contributed by atoms with van der Waals surface area (Å²) in [5.41, 5.74) is 1.04. The Bertz CT molecular complexity index is 3270. The molecule has 6 N–H and O–H groups in total. The van der Waals surface area contributed by atoms with Gasteiger partial charge < -0.3 is 82.6 Å². The van der Waals surface area contributed by atoms with Gasteiger partial charge in [-0.3, -0.25) is 0 Å². The number of thiophene rings is 4. The van der Waals surface area contributed by atoms with Crippen molar-refractivity contribution in [2.24, 2.45) is 41.4 Å². The molecule has 4 aromatic rings. The van der Waals surface area contributed by atoms with Gasteiger partial charge in [0.1, 0.15) is 0 Å². The van der Waals surface area contributed by atoms with Crippen LogP contribution in [0.1, 0.15) is 129 Å². The summed E-state index contributed by atoms with van der Waals surface area (Å²) < 4.78 is 0. The molecule has 12 rings (SSSR count). The number of rotatable bonds is 0. The number of isothiocyanates is 4. The van der Waals surface area contributed by atoms with Crippen LogP contribution < -0.4 is 0 Å². The molecule has 7 saturated heterocycles. The van der Waals surface area contributed by atoms with Gasteiger partial charge in [0.2, 0.25) is 0 Å². The van der Waals surface area contributed by atoms with Crippen LogP contribution in [0.15, 0.2) is 72.5 Å². The fourth-order valence-electron chi connectivity index (χ4n) is 10.0. The Morgan fingerprint density at radius 2 is 0.442 bits per heavy atom. The van der Waals surface area contributed by atoms with Gasteiger partial charge in [0.15, 0.2) is 0 Å². The second kappa shape index (κ2) is 70.6. The molecular weight excluding hydrogens is 1670 g/mol. The van der Waals surface area contributed by atoms with Crippen LogP contribution in [0.25, 0.3) is 82.6 Å². The van der Waals surface area contributed by atoms with Crippen LogP contribution >= 0.6 is 94.2 Å². The van der Waals surface area contributed by atoms with Crippen LogP contribution in [0.2, 0.25) is 0 Å². The predicted molar refractivity (Wildman–Crippen MR) is 438 cm³/mol. The molecule has 0 saturated carbocycles. The standard InChI is InChI=1S/3C18H20N2S.C18H16N2S.4CNS.5Co.3H2N/c4*1(15-7-11-19-12-8-15)3-17-5-6-18(21-17)4-2-16-9-13-20-14-10-16;4*2-1-3;;;;;;;;/h3*5-6,15-16H,7-14H2;5-8,11,16H,9-10,12-14H2;;;;;;;;;;3*1H2/q4*-2;4*-1;;;;;;3*-1. The number of hydrogen-bond acceptors (Lipinski definition) is 8. The first-order valence-electron chi connectivity index (χ1n) is 32.3. The number of allylic oxidation sites excluding steroid dienone is 2. The van der Waals surface area contributed by atoms with E-state index in [0.29, 0.717) is 41.4 Å². The van der Waals surface area contributed by atoms with Crippen molar-refractivity contribution in [3.63, 3.8) is 0 Å². The third-order valence-corrected chi connectivity index (χ3v) is 18.9. The molecule has 5 radical (unpaired) electrons. The number of thiocarbonyl (C=S) groups is 4. The normalized spacial score (nSPS) is 16.1. The van der Waals surface area contributed by atoms with Gasteiger partial charge in [0.05, 0.1) is 39.0 Å². The number of nitrogens with zero attached hydrogens (tertiary/aromatic N) is 12. The summed E-state index contributed by atoms with van der Waals surface area (Å²) >= 11 is 21.6. The minimum absolute atomic E-state index is 0. The molecule has 28 heteroatoms. The van der Waals surface area contributed by atoms with Crippen LogP contribution in [0, 0.1) is 136 Å². The van der Waals surface area contributed by atoms with Gasteiger partial charge in [-0.1, -0.05) is 246 Å². The maximum atomic E-state index is 7.13. The molecule has 0 bridgehead atoms. The smallest absolute Gasteiger partial charge is 0.0785 e. The molecule has 0 aliphatic carbocycles. The zero-order valence-corrected chi connectivity index (χ0v) is 69.2. The molecule has 8 aliphatic heterocycles. The minimum Gasteiger partial charge on any atom is -0.753 e. The third kappa shape index (κ3) is 49.8. The van der Waals surface area contributed by atoms with Gasteiger partial charge in [0.25, 0.3) is 0 Å². The largest absolute Gasteiger partial charge is 0.753 e. The summed E-state index contributed by atoms with van der Waals surface area (Å²) in [6.45, 7) is 14.4. The summed E-state index contributed by atoms with van der Waals surface area (Å²) in [4.78, 5) is 9.00. The van der Waals surface area contributed by atoms with Crippen molar-refractivity contribution in [2.75, 3.05) is 98.2 Å². The second-order valence-corrected chi connectivity index (χ2v) is 27.2. The van der Waals surface area contributed by atoms with E-state index >= 15 is 0 Å². The number of nitrogens with two attached hydrogens (primary N) is 3. The minimum atomic E-state index is 0. The molecular formula is C76H82Co5N15S8-15. The average molecular weight is 1760 g/mol. The summed E-state index contributed by atoms with van der Waals surface area (Å²) in [6, 6.07) is 16.7. The summed E-state index contributed by atoms with van der Waals surface area (Å²) in [7, 11) is 0. The van der Waals surface area contributed by atoms with Crippen LogP contribution in [0.3, 0.4) is 0 Å². The van der Waals surface area contributed by atoms with Crippen molar-refractivity contribution < 1.29 is 83.9 Å². The Hall–Kier alpha value is -4.11. The molecule has 0 atom stereocenters. The fourth-order valence-corrected chi connectivity index (χ4v) is 12.9. The van der Waals surface area contributed by atoms with E-state index in [1.54, 1.807) is 45.3 Å². The Labute approximate surface area is 709 Å². The van der Waals surface area contributed by atoms with E-state index in [9.17, 15) is 0 Å². The molecule has 12 heterocycles. The molecule has 15 nitrogen and oxygen atoms in total. The monoisotopic (exact) mass is 1760 g/mol. The van der Waals surface area contributed by atoms with Crippen LogP contribution in [0.4, 0.5) is 0 Å². The van der Waals surface area contributed by atoms with Gasteiger partial charge in [-0.25, -0.2) is 0 Å². The van der Waals surface area contributed by atoms with Gasteiger partial charge in [-0.2, -0.15) is 26.8 Å². The molecule has 569 valence electrons. The first kappa shape index (κ1) is 106. The van der Waals surface area contributed by atoms with Crippen molar-refractivity contribution >= 4 is 115 Å². The second-order valence-electron chi connectivity index (χ2n) is 22.1. The molecule has 0 spiro atoms. The molecule has 4 aromatic heterocycles. The molecule has 0 amide bonds. The zero-order chi connectivity index (χ0) is 68.1. The van der Waals surface area contributed by atoms with Crippen LogP contribution in [-0.2, 0) is 83.9 Å². The third-order valence-electron chi connectivity index (χ3n) is 15.2. The molecule has 7 fully saturated rings. The van der Waals surface area contributed by atoms with E-state index in [1.165, 1.54) is 20.6 Å². The van der Waals surface area contributed by atoms with Crippen LogP contribution in [-0.4, -0.2) is 119 Å². The fraction of sp³-hybridized carbons (Fsp3) is 0.474. The summed E-state index contributed by atoms with van der Waals surface area (Å²) in [5, 5.41) is 68.5. The van der Waals surface area contributed by atoms with Crippen molar-refractivity contribution in [1.29, 1.82) is 0 Å². The maximum absolute atomic E-state index is 7.13. The molecule has 0 aromatic carbocycles. The predicted octanol–water partition coefficient (Wildman–Crippen LogP) is 20.9. The van der Waals surface area contributed by atoms with E-state index < -0.39 is 0 Å². The van der Waals surface area contributed by atoms with Gasteiger partial charge in [0, 0.05) is 131 Å². The van der Waals surface area contributed by atoms with E-state index in [2.05, 4.69) is 235 Å². The Balaban J connectivity index is -0.000000594. The van der Waals surface area contributed by atoms with Gasteiger partial charge in [-0.15, -0.1) is 144 Å². The average Bonchev–Trinajstić information content (AvgIpc) is 1.78. The Morgan fingerprint density at radius 1 is 0.279 bits per heavy atom. The van der Waals surface area contributed by atoms with Crippen molar-refractivity contribution in [3.05, 3.63) is 194 Å². The van der Waals surface area contributed by atoms with Crippen molar-refractivity contribution in [2.45, 2.75) is 89.9 Å². The van der Waals surface area contributed by atoms with Gasteiger partial charge >= 0.3 is 0 Å². The first-order chi connectivity index (χ1) is 47.3. The van der Waals surface area contributed by atoms with Crippen molar-refractivity contribution in [3.8, 4) is 94.7 Å². The Kier molecular flexibility index (Phi) is 72.1. The summed E-state index contributed by atoms with van der Waals surface area (Å²) in [6.07, 6.45) is 21.5. The molecule has 104 heavy (non-hydrogen) atoms. The number of hydrogen-bond donors (Lipinski definition) is 0. The topological polar surface area (TPSA) is 302 Å². The van der Waals surface area contributed by atoms with E-state index in [4.69, 9.17) is 21.6 Å². The van der Waals surface area contributed by atoms with Gasteiger partial charge in [-0.05, 0) is 48.5 Å². The quantitative estimate of drug-likeness (QED) is 0.0941. The molecule has 0 unspecified atom stereocenters. The Morgan fingerprint density at radius 3 is 0.596 bits per heavy atom. The van der Waals surface area contributed by atoms with E-state index in [1.807, 2.05) is 18.4 Å². The van der Waals surface area contributed by atoms with E-state index in [-0.39, 0.29) is 102 Å². The maximum Gasteiger partial charge on any atom is 0.0785 e. The van der Waals surface area contributed by atoms with Crippen molar-refractivity contribution in [1.82, 2.24) is 0 Å². The van der Waals surface area contributed by atoms with Crippen LogP contribution in [0.5, 0.6) is 0 Å². The first-order valence-corrected chi connectivity index (χ1v) is 37.2. The summed E-state index contributed by atoms with van der Waals surface area (Å²) in [5.74, 6) is 57.0. The number of piperidine rings is 7. The van der Waals surface area contributed by atoms with E-state index in [0.717, 1.165) is 233 Å².